The zero-order chi connectivity index (χ0) is 15.7. The van der Waals surface area contributed by atoms with Crippen LogP contribution in [0.25, 0.3) is 0 Å². The van der Waals surface area contributed by atoms with Crippen molar-refractivity contribution in [3.8, 4) is 0 Å². The molecule has 11 heteroatoms. The van der Waals surface area contributed by atoms with E-state index in [0.29, 0.717) is 13.8 Å². The van der Waals surface area contributed by atoms with Gasteiger partial charge in [0.15, 0.2) is 0 Å². The highest BCUT2D eigenvalue weighted by molar-refractivity contribution is 6.93. The lowest BCUT2D eigenvalue weighted by atomic mass is 10.4. The van der Waals surface area contributed by atoms with Crippen LogP contribution in [0.15, 0.2) is 0 Å². The Morgan fingerprint density at radius 1 is 0.889 bits per heavy atom. The van der Waals surface area contributed by atoms with Crippen LogP contribution in [0.4, 0.5) is 22.4 Å². The summed E-state index contributed by atoms with van der Waals surface area (Å²) in [6.07, 6.45) is 0. The van der Waals surface area contributed by atoms with Crippen molar-refractivity contribution in [3.05, 3.63) is 0 Å². The summed E-state index contributed by atoms with van der Waals surface area (Å²) < 4.78 is 44.3. The van der Waals surface area contributed by atoms with Crippen LogP contribution in [-0.4, -0.2) is 32.9 Å². The van der Waals surface area contributed by atoms with Crippen molar-refractivity contribution < 1.29 is 37.1 Å². The first kappa shape index (κ1) is 22.6. The van der Waals surface area contributed by atoms with E-state index in [4.69, 9.17) is 9.90 Å². The van der Waals surface area contributed by atoms with Gasteiger partial charge in [-0.15, -0.1) is 0 Å². The molecule has 0 radical (unpaired) electrons. The first-order chi connectivity index (χ1) is 7.62. The number of hydrogen-bond donors (Lipinski definition) is 1. The van der Waals surface area contributed by atoms with E-state index in [-0.39, 0.29) is 0 Å². The van der Waals surface area contributed by atoms with E-state index < -0.39 is 27.8 Å². The lowest BCUT2D eigenvalue weighted by molar-refractivity contribution is -0.161. The minimum absolute atomic E-state index is 0.329. The summed E-state index contributed by atoms with van der Waals surface area (Å²) in [5, 5.41) is 5.88. The van der Waals surface area contributed by atoms with Gasteiger partial charge in [0, 0.05) is 13.8 Å². The van der Waals surface area contributed by atoms with E-state index in [2.05, 4.69) is 34.8 Å². The van der Waals surface area contributed by atoms with Crippen molar-refractivity contribution in [1.29, 1.82) is 0 Å². The molecule has 0 aliphatic rings. The molecule has 0 heterocycles. The van der Waals surface area contributed by atoms with Crippen molar-refractivity contribution in [2.75, 3.05) is 0 Å². The van der Waals surface area contributed by atoms with Gasteiger partial charge in [0.2, 0.25) is 0 Å². The van der Waals surface area contributed by atoms with E-state index in [1.165, 1.54) is 0 Å². The molecule has 0 aliphatic carbocycles. The normalized spacial score (nSPS) is 10.3. The van der Waals surface area contributed by atoms with Crippen molar-refractivity contribution in [3.63, 3.8) is 0 Å². The zero-order valence-electron chi connectivity index (χ0n) is 8.82. The Balaban J connectivity index is -0.000000196. The molecule has 0 rings (SSSR count). The van der Waals surface area contributed by atoms with Crippen LogP contribution in [0.3, 0.4) is 0 Å². The van der Waals surface area contributed by atoms with Crippen LogP contribution >= 0.6 is 34.8 Å². The lowest BCUT2D eigenvalue weighted by Crippen LogP contribution is -2.22. The van der Waals surface area contributed by atoms with Crippen molar-refractivity contribution >= 4 is 50.7 Å². The fraction of sp³-hybridized carbons (Fsp3) is 0.571. The smallest absolute Gasteiger partial charge is 0.374 e. The Labute approximate surface area is 114 Å². The van der Waals surface area contributed by atoms with E-state index in [1.54, 1.807) is 0 Å². The molecule has 0 aromatic carbocycles. The van der Waals surface area contributed by atoms with E-state index >= 15 is 0 Å². The molecule has 0 unspecified atom stereocenters. The molecule has 18 heavy (non-hydrogen) atoms. The van der Waals surface area contributed by atoms with Gasteiger partial charge in [0.25, 0.3) is 5.24 Å². The minimum atomic E-state index is -3.58. The van der Waals surface area contributed by atoms with Crippen molar-refractivity contribution in [2.24, 2.45) is 0 Å². The minimum Gasteiger partial charge on any atom is -0.477 e. The number of carbonyl (C=O) groups is 3. The lowest BCUT2D eigenvalue weighted by Gasteiger charge is -1.98. The molecule has 0 aliphatic heterocycles. The number of carboxylic acids is 1. The number of halogens is 7. The van der Waals surface area contributed by atoms with Crippen LogP contribution in [0.2, 0.25) is 0 Å². The average molecular weight is 337 g/mol. The molecule has 0 spiro atoms. The van der Waals surface area contributed by atoms with E-state index in [9.17, 15) is 27.2 Å². The summed E-state index contributed by atoms with van der Waals surface area (Å²) in [6.45, 7) is 0.775. The Morgan fingerprint density at radius 3 is 1.00 bits per heavy atom. The number of rotatable bonds is 2. The van der Waals surface area contributed by atoms with Crippen LogP contribution in [0, 0.1) is 0 Å². The summed E-state index contributed by atoms with van der Waals surface area (Å²) in [6, 6.07) is 0. The maximum atomic E-state index is 11.4. The van der Waals surface area contributed by atoms with Crippen LogP contribution in [-0.2, 0) is 9.59 Å². The summed E-state index contributed by atoms with van der Waals surface area (Å²) in [5.74, 6) is -9.05. The van der Waals surface area contributed by atoms with Gasteiger partial charge in [0.1, 0.15) is 0 Å². The molecule has 0 fully saturated rings. The molecule has 108 valence electrons. The SMILES string of the molecule is CC(F)(F)C(=O)Cl.CC(F)(F)C(=O)O.O=C(Cl)Cl. The molecule has 0 amide bonds. The standard InChI is InChI=1S/C3H3ClF2O.C3H4F2O2.CCl2O/c1-3(5,6)2(4)7;1-3(4,5)2(6)7;2-1(3)4/h1H3;1H3,(H,6,7);. The molecule has 1 N–H and O–H groups in total. The maximum absolute atomic E-state index is 11.4. The maximum Gasteiger partial charge on any atom is 0.374 e. The summed E-state index contributed by atoms with van der Waals surface area (Å²) in [7, 11) is 0. The Hall–Kier alpha value is -0.600. The summed E-state index contributed by atoms with van der Waals surface area (Å²) >= 11 is 13.2. The highest BCUT2D eigenvalue weighted by Crippen LogP contribution is 2.14. The average Bonchev–Trinajstić information content (AvgIpc) is 1.99. The molecular weight excluding hydrogens is 330 g/mol. The molecule has 0 atom stereocenters. The number of carbonyl (C=O) groups excluding carboxylic acids is 2. The molecule has 0 bridgehead atoms. The summed E-state index contributed by atoms with van der Waals surface area (Å²) in [5.41, 5.74) is 0. The van der Waals surface area contributed by atoms with Crippen molar-refractivity contribution in [1.82, 2.24) is 0 Å². The van der Waals surface area contributed by atoms with Crippen molar-refractivity contribution in [2.45, 2.75) is 25.7 Å². The van der Waals surface area contributed by atoms with E-state index in [1.807, 2.05) is 0 Å². The molecule has 4 nitrogen and oxygen atoms in total. The van der Waals surface area contributed by atoms with Gasteiger partial charge in [-0.2, -0.15) is 17.6 Å². The predicted molar refractivity (Wildman–Crippen MR) is 56.8 cm³/mol. The third-order valence-corrected chi connectivity index (χ3v) is 1.05. The molecule has 0 aromatic rings. The molecule has 0 saturated carbocycles. The first-order valence-corrected chi connectivity index (χ1v) is 4.79. The van der Waals surface area contributed by atoms with Gasteiger partial charge >= 0.3 is 22.5 Å². The van der Waals surface area contributed by atoms with Crippen LogP contribution in [0.5, 0.6) is 0 Å². The third kappa shape index (κ3) is 24.6. The molecular formula is C7H7Cl3F4O4. The number of aliphatic carboxylic acids is 1. The van der Waals surface area contributed by atoms with Gasteiger partial charge in [-0.25, -0.2) is 4.79 Å². The highest BCUT2D eigenvalue weighted by atomic mass is 35.5. The Bertz CT molecular complexity index is 270. The second kappa shape index (κ2) is 9.35. The van der Waals surface area contributed by atoms with Gasteiger partial charge in [0.05, 0.1) is 0 Å². The highest BCUT2D eigenvalue weighted by Gasteiger charge is 2.31. The Kier molecular flexibility index (Phi) is 11.7. The third-order valence-electron chi connectivity index (χ3n) is 0.721. The number of carboxylic acid groups (broad SMARTS) is 1. The topological polar surface area (TPSA) is 71.4 Å². The first-order valence-electron chi connectivity index (χ1n) is 3.66. The largest absolute Gasteiger partial charge is 0.477 e. The summed E-state index contributed by atoms with van der Waals surface area (Å²) in [4.78, 5) is 27.7. The molecule has 0 saturated heterocycles. The molecule has 0 aromatic heterocycles. The van der Waals surface area contributed by atoms with E-state index in [0.717, 1.165) is 0 Å². The van der Waals surface area contributed by atoms with Crippen LogP contribution < -0.4 is 0 Å². The predicted octanol–water partition coefficient (Wildman–Crippen LogP) is 3.72. The second-order valence-electron chi connectivity index (χ2n) is 2.58. The van der Waals surface area contributed by atoms with Gasteiger partial charge in [-0.3, -0.25) is 9.59 Å². The fourth-order valence-corrected chi connectivity index (χ4v) is 0. The fourth-order valence-electron chi connectivity index (χ4n) is 0. The van der Waals surface area contributed by atoms with Gasteiger partial charge in [-0.05, 0) is 34.8 Å². The number of alkyl halides is 4. The monoisotopic (exact) mass is 336 g/mol. The Morgan fingerprint density at radius 2 is 1.00 bits per heavy atom. The van der Waals surface area contributed by atoms with Gasteiger partial charge in [-0.1, -0.05) is 0 Å². The van der Waals surface area contributed by atoms with Gasteiger partial charge < -0.3 is 5.11 Å². The van der Waals surface area contributed by atoms with Crippen LogP contribution in [0.1, 0.15) is 13.8 Å². The second-order valence-corrected chi connectivity index (χ2v) is 3.80. The quantitative estimate of drug-likeness (QED) is 0.616. The number of hydrogen-bond acceptors (Lipinski definition) is 3. The zero-order valence-corrected chi connectivity index (χ0v) is 11.1.